The molecule has 0 unspecified atom stereocenters. The zero-order chi connectivity index (χ0) is 17.3. The van der Waals surface area contributed by atoms with Gasteiger partial charge in [0.15, 0.2) is 11.3 Å². The lowest BCUT2D eigenvalue weighted by Crippen LogP contribution is -2.00. The number of nitro benzene ring substituents is 1. The van der Waals surface area contributed by atoms with Crippen LogP contribution in [0.1, 0.15) is 0 Å². The van der Waals surface area contributed by atoms with Crippen molar-refractivity contribution < 1.29 is 14.1 Å². The van der Waals surface area contributed by atoms with Crippen molar-refractivity contribution in [1.82, 2.24) is 9.97 Å². The first-order chi connectivity index (χ1) is 11.5. The third kappa shape index (κ3) is 2.79. The molecule has 9 heteroatoms. The van der Waals surface area contributed by atoms with Gasteiger partial charge in [0, 0.05) is 5.69 Å². The fourth-order valence-electron chi connectivity index (χ4n) is 2.25. The summed E-state index contributed by atoms with van der Waals surface area (Å²) in [6.45, 7) is 0. The number of anilines is 2. The molecule has 0 radical (unpaired) electrons. The molecule has 24 heavy (non-hydrogen) atoms. The normalized spacial score (nSPS) is 10.6. The van der Waals surface area contributed by atoms with E-state index in [1.165, 1.54) is 37.7 Å². The highest BCUT2D eigenvalue weighted by Gasteiger charge is 2.22. The van der Waals surface area contributed by atoms with Crippen molar-refractivity contribution in [3.63, 3.8) is 0 Å². The molecule has 0 aliphatic carbocycles. The highest BCUT2D eigenvalue weighted by Crippen LogP contribution is 2.36. The number of rotatable bonds is 4. The van der Waals surface area contributed by atoms with E-state index in [1.807, 2.05) is 0 Å². The van der Waals surface area contributed by atoms with Crippen molar-refractivity contribution in [2.75, 3.05) is 12.4 Å². The molecule has 1 N–H and O–H groups in total. The number of methoxy groups -OCH3 is 1. The number of halogens is 2. The van der Waals surface area contributed by atoms with E-state index in [1.54, 1.807) is 6.07 Å². The van der Waals surface area contributed by atoms with Crippen LogP contribution in [0, 0.1) is 15.9 Å². The van der Waals surface area contributed by atoms with E-state index in [0.29, 0.717) is 16.9 Å². The van der Waals surface area contributed by atoms with Crippen LogP contribution in [0.25, 0.3) is 10.9 Å². The molecule has 0 atom stereocenters. The molecular weight excluding hydrogens is 339 g/mol. The zero-order valence-corrected chi connectivity index (χ0v) is 13.0. The van der Waals surface area contributed by atoms with Gasteiger partial charge in [0.2, 0.25) is 0 Å². The molecule has 3 aromatic rings. The Labute approximate surface area is 140 Å². The Morgan fingerprint density at radius 3 is 2.75 bits per heavy atom. The number of nitrogens with zero attached hydrogens (tertiary/aromatic N) is 3. The van der Waals surface area contributed by atoms with Gasteiger partial charge in [-0.3, -0.25) is 10.1 Å². The fourth-order valence-corrected chi connectivity index (χ4v) is 2.43. The quantitative estimate of drug-likeness (QED) is 0.564. The van der Waals surface area contributed by atoms with E-state index >= 15 is 0 Å². The molecule has 0 fully saturated rings. The minimum absolute atomic E-state index is 0.0500. The first-order valence-electron chi connectivity index (χ1n) is 6.69. The summed E-state index contributed by atoms with van der Waals surface area (Å²) in [7, 11) is 1.34. The molecule has 1 aromatic heterocycles. The number of aromatic nitrogens is 2. The van der Waals surface area contributed by atoms with Gasteiger partial charge in [0.1, 0.15) is 18.0 Å². The van der Waals surface area contributed by atoms with Crippen molar-refractivity contribution in [3.8, 4) is 5.75 Å². The molecule has 0 amide bonds. The molecule has 0 spiro atoms. The summed E-state index contributed by atoms with van der Waals surface area (Å²) in [6, 6.07) is 7.15. The summed E-state index contributed by atoms with van der Waals surface area (Å²) < 4.78 is 18.3. The van der Waals surface area contributed by atoms with Gasteiger partial charge in [-0.25, -0.2) is 14.4 Å². The summed E-state index contributed by atoms with van der Waals surface area (Å²) in [6.07, 6.45) is 1.20. The maximum Gasteiger partial charge on any atom is 0.337 e. The molecule has 0 aliphatic heterocycles. The topological polar surface area (TPSA) is 90.2 Å². The maximum atomic E-state index is 13.2. The SMILES string of the molecule is COc1ccc2c(Nc3ccc(F)c(Cl)c3)ncnc2c1[N+](=O)[O-]. The van der Waals surface area contributed by atoms with E-state index < -0.39 is 10.7 Å². The minimum Gasteiger partial charge on any atom is -0.490 e. The van der Waals surface area contributed by atoms with Crippen LogP contribution in [-0.4, -0.2) is 22.0 Å². The molecule has 1 heterocycles. The highest BCUT2D eigenvalue weighted by molar-refractivity contribution is 6.31. The van der Waals surface area contributed by atoms with Crippen LogP contribution in [0.3, 0.4) is 0 Å². The van der Waals surface area contributed by atoms with Crippen LogP contribution >= 0.6 is 11.6 Å². The average Bonchev–Trinajstić information content (AvgIpc) is 2.57. The summed E-state index contributed by atoms with van der Waals surface area (Å²) >= 11 is 5.75. The number of ether oxygens (including phenoxy) is 1. The van der Waals surface area contributed by atoms with E-state index in [9.17, 15) is 14.5 Å². The van der Waals surface area contributed by atoms with E-state index in [2.05, 4.69) is 15.3 Å². The Morgan fingerprint density at radius 1 is 1.29 bits per heavy atom. The lowest BCUT2D eigenvalue weighted by atomic mass is 10.2. The Bertz CT molecular complexity index is 951. The molecule has 0 aliphatic rings. The number of benzene rings is 2. The zero-order valence-electron chi connectivity index (χ0n) is 12.3. The van der Waals surface area contributed by atoms with Crippen molar-refractivity contribution in [2.45, 2.75) is 0 Å². The Kier molecular flexibility index (Phi) is 4.13. The summed E-state index contributed by atoms with van der Waals surface area (Å²) in [4.78, 5) is 18.8. The second kappa shape index (κ2) is 6.25. The Morgan fingerprint density at radius 2 is 2.08 bits per heavy atom. The number of fused-ring (bicyclic) bond motifs is 1. The summed E-state index contributed by atoms with van der Waals surface area (Å²) in [5.74, 6) is -0.120. The van der Waals surface area contributed by atoms with Crippen LogP contribution in [0.15, 0.2) is 36.7 Å². The number of hydrogen-bond acceptors (Lipinski definition) is 6. The van der Waals surface area contributed by atoms with Gasteiger partial charge in [-0.15, -0.1) is 0 Å². The third-order valence-electron chi connectivity index (χ3n) is 3.33. The smallest absolute Gasteiger partial charge is 0.337 e. The monoisotopic (exact) mass is 348 g/mol. The van der Waals surface area contributed by atoms with Crippen molar-refractivity contribution in [1.29, 1.82) is 0 Å². The van der Waals surface area contributed by atoms with Crippen LogP contribution in [0.2, 0.25) is 5.02 Å². The second-order valence-corrected chi connectivity index (χ2v) is 5.15. The van der Waals surface area contributed by atoms with Crippen molar-refractivity contribution in [2.24, 2.45) is 0 Å². The maximum absolute atomic E-state index is 13.2. The van der Waals surface area contributed by atoms with Gasteiger partial charge in [0.05, 0.1) is 22.4 Å². The Balaban J connectivity index is 2.14. The summed E-state index contributed by atoms with van der Waals surface area (Å²) in [5.41, 5.74) is 0.363. The molecular formula is C15H10ClFN4O3. The van der Waals surface area contributed by atoms with Gasteiger partial charge >= 0.3 is 5.69 Å². The molecule has 3 rings (SSSR count). The molecule has 0 bridgehead atoms. The molecule has 7 nitrogen and oxygen atoms in total. The van der Waals surface area contributed by atoms with E-state index in [0.717, 1.165) is 0 Å². The van der Waals surface area contributed by atoms with Crippen LogP contribution in [0.4, 0.5) is 21.6 Å². The van der Waals surface area contributed by atoms with Crippen LogP contribution in [-0.2, 0) is 0 Å². The van der Waals surface area contributed by atoms with Gasteiger partial charge in [0.25, 0.3) is 0 Å². The first kappa shape index (κ1) is 15.9. The first-order valence-corrected chi connectivity index (χ1v) is 7.07. The van der Waals surface area contributed by atoms with Crippen LogP contribution < -0.4 is 10.1 Å². The number of nitro groups is 1. The average molecular weight is 349 g/mol. The molecule has 0 saturated heterocycles. The highest BCUT2D eigenvalue weighted by atomic mass is 35.5. The predicted molar refractivity (Wildman–Crippen MR) is 87.4 cm³/mol. The second-order valence-electron chi connectivity index (χ2n) is 4.75. The van der Waals surface area contributed by atoms with Crippen LogP contribution in [0.5, 0.6) is 5.75 Å². The lowest BCUT2D eigenvalue weighted by molar-refractivity contribution is -0.384. The van der Waals surface area contributed by atoms with E-state index in [4.69, 9.17) is 16.3 Å². The van der Waals surface area contributed by atoms with Crippen molar-refractivity contribution >= 4 is 39.7 Å². The number of hydrogen-bond donors (Lipinski definition) is 1. The molecule has 0 saturated carbocycles. The van der Waals surface area contributed by atoms with Gasteiger partial charge < -0.3 is 10.1 Å². The fraction of sp³-hybridized carbons (Fsp3) is 0.0667. The summed E-state index contributed by atoms with van der Waals surface area (Å²) in [5, 5.41) is 14.7. The largest absolute Gasteiger partial charge is 0.490 e. The van der Waals surface area contributed by atoms with Crippen molar-refractivity contribution in [3.05, 3.63) is 57.6 Å². The van der Waals surface area contributed by atoms with Gasteiger partial charge in [-0.2, -0.15) is 0 Å². The Hall–Kier alpha value is -3.00. The lowest BCUT2D eigenvalue weighted by Gasteiger charge is -2.10. The van der Waals surface area contributed by atoms with Gasteiger partial charge in [-0.05, 0) is 30.3 Å². The molecule has 2 aromatic carbocycles. The predicted octanol–water partition coefficient (Wildman–Crippen LogP) is 4.08. The van der Waals surface area contributed by atoms with E-state index in [-0.39, 0.29) is 22.0 Å². The third-order valence-corrected chi connectivity index (χ3v) is 3.62. The minimum atomic E-state index is -0.563. The standard InChI is InChI=1S/C15H10ClFN4O3/c1-24-12-5-3-9-13(14(12)21(22)23)18-7-19-15(9)20-8-2-4-11(17)10(16)6-8/h2-7H,1H3,(H,18,19,20). The molecule has 122 valence electrons. The number of nitrogens with one attached hydrogen (secondary N) is 1. The van der Waals surface area contributed by atoms with Gasteiger partial charge in [-0.1, -0.05) is 11.6 Å².